The van der Waals surface area contributed by atoms with Gasteiger partial charge >= 0.3 is 6.09 Å². The van der Waals surface area contributed by atoms with Gasteiger partial charge in [0.05, 0.1) is 7.11 Å². The molecule has 1 aliphatic rings. The van der Waals surface area contributed by atoms with Gasteiger partial charge in [-0.05, 0) is 50.8 Å². The van der Waals surface area contributed by atoms with Gasteiger partial charge in [-0.1, -0.05) is 12.1 Å². The normalized spacial score (nSPS) is 18.1. The molecule has 1 fully saturated rings. The molecule has 128 valence electrons. The highest BCUT2D eigenvalue weighted by atomic mass is 16.6. The molecule has 23 heavy (non-hydrogen) atoms. The number of hydrogen-bond acceptors (Lipinski definition) is 4. The average molecular weight is 320 g/mol. The lowest BCUT2D eigenvalue weighted by molar-refractivity contribution is 0.0288. The van der Waals surface area contributed by atoms with Crippen molar-refractivity contribution in [1.29, 1.82) is 0 Å². The molecule has 1 atom stereocenters. The monoisotopic (exact) mass is 320 g/mol. The lowest BCUT2D eigenvalue weighted by Gasteiger charge is -2.24. The molecule has 1 aromatic carbocycles. The van der Waals surface area contributed by atoms with E-state index in [1.165, 1.54) is 5.56 Å². The van der Waals surface area contributed by atoms with E-state index in [1.807, 2.05) is 37.8 Å². The highest BCUT2D eigenvalue weighted by molar-refractivity contribution is 5.68. The summed E-state index contributed by atoms with van der Waals surface area (Å²) in [6.07, 6.45) is 0.824. The predicted octanol–water partition coefficient (Wildman–Crippen LogP) is 3.04. The molecule has 1 heterocycles. The van der Waals surface area contributed by atoms with E-state index in [4.69, 9.17) is 9.47 Å². The Hall–Kier alpha value is -1.75. The number of ether oxygens (including phenoxy) is 2. The number of nitrogens with zero attached hydrogens (tertiary/aromatic N) is 1. The van der Waals surface area contributed by atoms with Gasteiger partial charge in [0.15, 0.2) is 0 Å². The molecule has 5 heteroatoms. The Balaban J connectivity index is 1.70. The van der Waals surface area contributed by atoms with Crippen molar-refractivity contribution < 1.29 is 14.3 Å². The van der Waals surface area contributed by atoms with E-state index in [0.29, 0.717) is 5.92 Å². The molecular formula is C18H28N2O3. The topological polar surface area (TPSA) is 50.8 Å². The van der Waals surface area contributed by atoms with Crippen LogP contribution in [0.25, 0.3) is 0 Å². The Morgan fingerprint density at radius 3 is 2.61 bits per heavy atom. The quantitative estimate of drug-likeness (QED) is 0.906. The van der Waals surface area contributed by atoms with Crippen molar-refractivity contribution in [2.75, 3.05) is 26.7 Å². The molecular weight excluding hydrogens is 292 g/mol. The summed E-state index contributed by atoms with van der Waals surface area (Å²) in [5.41, 5.74) is 0.801. The second kappa shape index (κ2) is 7.68. The minimum atomic E-state index is -0.429. The largest absolute Gasteiger partial charge is 0.497 e. The SMILES string of the molecule is COc1ccc(CNCC2CCN(C(=O)OC(C)(C)C)C2)cc1. The number of methoxy groups -OCH3 is 1. The maximum absolute atomic E-state index is 12.0. The van der Waals surface area contributed by atoms with Crippen molar-refractivity contribution in [2.45, 2.75) is 39.3 Å². The number of hydrogen-bond donors (Lipinski definition) is 1. The highest BCUT2D eigenvalue weighted by Crippen LogP contribution is 2.19. The van der Waals surface area contributed by atoms with Crippen LogP contribution in [0, 0.1) is 5.92 Å². The second-order valence-electron chi connectivity index (χ2n) is 7.06. The van der Waals surface area contributed by atoms with Crippen LogP contribution < -0.4 is 10.1 Å². The molecule has 0 aromatic heterocycles. The lowest BCUT2D eigenvalue weighted by Crippen LogP contribution is -2.36. The standard InChI is InChI=1S/C18H28N2O3/c1-18(2,3)23-17(21)20-10-9-15(13-20)12-19-11-14-5-7-16(22-4)8-6-14/h5-8,15,19H,9-13H2,1-4H3. The van der Waals surface area contributed by atoms with Crippen LogP contribution in [0.15, 0.2) is 24.3 Å². The zero-order valence-corrected chi connectivity index (χ0v) is 14.6. The van der Waals surface area contributed by atoms with Crippen LogP contribution >= 0.6 is 0 Å². The third-order valence-corrected chi connectivity index (χ3v) is 3.86. The molecule has 1 aliphatic heterocycles. The van der Waals surface area contributed by atoms with Crippen molar-refractivity contribution >= 4 is 6.09 Å². The van der Waals surface area contributed by atoms with Crippen molar-refractivity contribution in [3.05, 3.63) is 29.8 Å². The van der Waals surface area contributed by atoms with Gasteiger partial charge in [0.25, 0.3) is 0 Å². The van der Waals surface area contributed by atoms with Crippen molar-refractivity contribution in [3.8, 4) is 5.75 Å². The van der Waals surface area contributed by atoms with E-state index in [9.17, 15) is 4.79 Å². The van der Waals surface area contributed by atoms with Crippen LogP contribution in [-0.4, -0.2) is 43.3 Å². The zero-order valence-electron chi connectivity index (χ0n) is 14.6. The van der Waals surface area contributed by atoms with E-state index >= 15 is 0 Å². The fourth-order valence-electron chi connectivity index (χ4n) is 2.66. The predicted molar refractivity (Wildman–Crippen MR) is 90.6 cm³/mol. The molecule has 0 spiro atoms. The summed E-state index contributed by atoms with van der Waals surface area (Å²) in [6.45, 7) is 8.98. The fourth-order valence-corrected chi connectivity index (χ4v) is 2.66. The number of benzene rings is 1. The van der Waals surface area contributed by atoms with Gasteiger partial charge in [0.1, 0.15) is 11.4 Å². The van der Waals surface area contributed by atoms with E-state index in [-0.39, 0.29) is 6.09 Å². The summed E-state index contributed by atoms with van der Waals surface area (Å²) in [5.74, 6) is 1.36. The van der Waals surface area contributed by atoms with Gasteiger partial charge < -0.3 is 19.7 Å². The molecule has 1 saturated heterocycles. The minimum Gasteiger partial charge on any atom is -0.497 e. The summed E-state index contributed by atoms with van der Waals surface area (Å²) in [6, 6.07) is 8.06. The Morgan fingerprint density at radius 1 is 1.30 bits per heavy atom. The van der Waals surface area contributed by atoms with Crippen LogP contribution in [-0.2, 0) is 11.3 Å². The Kier molecular flexibility index (Phi) is 5.88. The maximum Gasteiger partial charge on any atom is 0.410 e. The number of likely N-dealkylation sites (tertiary alicyclic amines) is 1. The van der Waals surface area contributed by atoms with E-state index in [2.05, 4.69) is 17.4 Å². The summed E-state index contributed by atoms with van der Waals surface area (Å²) >= 11 is 0. The van der Waals surface area contributed by atoms with Gasteiger partial charge in [-0.3, -0.25) is 0 Å². The third kappa shape index (κ3) is 5.75. The molecule has 0 bridgehead atoms. The van der Waals surface area contributed by atoms with Crippen molar-refractivity contribution in [2.24, 2.45) is 5.92 Å². The molecule has 0 saturated carbocycles. The van der Waals surface area contributed by atoms with Gasteiger partial charge in [0, 0.05) is 26.2 Å². The summed E-state index contributed by atoms with van der Waals surface area (Å²) in [5, 5.41) is 3.47. The van der Waals surface area contributed by atoms with Crippen LogP contribution in [0.4, 0.5) is 4.79 Å². The van der Waals surface area contributed by atoms with E-state index in [1.54, 1.807) is 7.11 Å². The second-order valence-corrected chi connectivity index (χ2v) is 7.06. The first-order chi connectivity index (χ1) is 10.9. The zero-order chi connectivity index (χ0) is 16.9. The number of carbonyl (C=O) groups is 1. The summed E-state index contributed by atoms with van der Waals surface area (Å²) in [7, 11) is 1.67. The Labute approximate surface area is 139 Å². The Morgan fingerprint density at radius 2 is 2.00 bits per heavy atom. The first-order valence-corrected chi connectivity index (χ1v) is 8.19. The number of carbonyl (C=O) groups excluding carboxylic acids is 1. The van der Waals surface area contributed by atoms with Crippen LogP contribution in [0.1, 0.15) is 32.8 Å². The average Bonchev–Trinajstić information content (AvgIpc) is 2.95. The van der Waals surface area contributed by atoms with Gasteiger partial charge in [-0.15, -0.1) is 0 Å². The molecule has 1 aromatic rings. The Bertz CT molecular complexity index is 508. The van der Waals surface area contributed by atoms with Gasteiger partial charge in [-0.2, -0.15) is 0 Å². The molecule has 1 amide bonds. The fraction of sp³-hybridized carbons (Fsp3) is 0.611. The minimum absolute atomic E-state index is 0.199. The first kappa shape index (κ1) is 17.6. The van der Waals surface area contributed by atoms with Crippen LogP contribution in [0.3, 0.4) is 0 Å². The van der Waals surface area contributed by atoms with Crippen molar-refractivity contribution in [1.82, 2.24) is 10.2 Å². The molecule has 1 unspecified atom stereocenters. The maximum atomic E-state index is 12.0. The number of amides is 1. The highest BCUT2D eigenvalue weighted by Gasteiger charge is 2.29. The first-order valence-electron chi connectivity index (χ1n) is 8.19. The van der Waals surface area contributed by atoms with Gasteiger partial charge in [-0.25, -0.2) is 4.79 Å². The molecule has 0 aliphatic carbocycles. The van der Waals surface area contributed by atoms with Crippen molar-refractivity contribution in [3.63, 3.8) is 0 Å². The van der Waals surface area contributed by atoms with Crippen LogP contribution in [0.5, 0.6) is 5.75 Å². The van der Waals surface area contributed by atoms with E-state index < -0.39 is 5.60 Å². The van der Waals surface area contributed by atoms with E-state index in [0.717, 1.165) is 38.3 Å². The number of nitrogens with one attached hydrogen (secondary N) is 1. The number of rotatable bonds is 5. The summed E-state index contributed by atoms with van der Waals surface area (Å²) in [4.78, 5) is 13.8. The summed E-state index contributed by atoms with van der Waals surface area (Å²) < 4.78 is 10.6. The third-order valence-electron chi connectivity index (χ3n) is 3.86. The van der Waals surface area contributed by atoms with Crippen LogP contribution in [0.2, 0.25) is 0 Å². The molecule has 2 rings (SSSR count). The molecule has 0 radical (unpaired) electrons. The lowest BCUT2D eigenvalue weighted by atomic mass is 10.1. The molecule has 5 nitrogen and oxygen atoms in total. The van der Waals surface area contributed by atoms with Gasteiger partial charge in [0.2, 0.25) is 0 Å². The smallest absolute Gasteiger partial charge is 0.410 e. The molecule has 1 N–H and O–H groups in total.